The minimum atomic E-state index is -0.0781. The molecule has 0 atom stereocenters. The first kappa shape index (κ1) is 14.3. The largest absolute Gasteiger partial charge is 0.388 e. The van der Waals surface area contributed by atoms with E-state index in [-0.39, 0.29) is 6.61 Å². The zero-order valence-corrected chi connectivity index (χ0v) is 12.4. The van der Waals surface area contributed by atoms with Gasteiger partial charge in [-0.05, 0) is 24.5 Å². The van der Waals surface area contributed by atoms with E-state index in [4.69, 9.17) is 0 Å². The van der Waals surface area contributed by atoms with Crippen LogP contribution in [0.1, 0.15) is 50.2 Å². The normalized spacial score (nSPS) is 16.2. The third-order valence-electron chi connectivity index (χ3n) is 4.45. The number of nitrogens with zero attached hydrogens (tertiary/aromatic N) is 3. The highest BCUT2D eigenvalue weighted by Crippen LogP contribution is 2.27. The van der Waals surface area contributed by atoms with Crippen molar-refractivity contribution in [3.8, 4) is 5.69 Å². The number of hydrogen-bond acceptors (Lipinski definition) is 3. The summed E-state index contributed by atoms with van der Waals surface area (Å²) in [6.45, 7) is -0.0781. The van der Waals surface area contributed by atoms with Crippen molar-refractivity contribution < 1.29 is 5.11 Å². The van der Waals surface area contributed by atoms with Gasteiger partial charge < -0.3 is 5.11 Å². The molecule has 4 heteroatoms. The van der Waals surface area contributed by atoms with E-state index in [1.807, 2.05) is 34.9 Å². The van der Waals surface area contributed by atoms with Crippen LogP contribution >= 0.6 is 0 Å². The molecule has 1 aliphatic rings. The molecule has 0 spiro atoms. The van der Waals surface area contributed by atoms with Crippen molar-refractivity contribution in [1.82, 2.24) is 14.8 Å². The number of hydrogen-bond donors (Lipinski definition) is 1. The van der Waals surface area contributed by atoms with E-state index in [0.29, 0.717) is 5.82 Å². The molecule has 1 saturated carbocycles. The Hall–Kier alpha value is -1.68. The lowest BCUT2D eigenvalue weighted by Gasteiger charge is -2.21. The zero-order chi connectivity index (χ0) is 14.5. The topological polar surface area (TPSA) is 50.9 Å². The maximum Gasteiger partial charge on any atom is 0.163 e. The number of para-hydroxylation sites is 1. The first-order valence-corrected chi connectivity index (χ1v) is 7.98. The highest BCUT2D eigenvalue weighted by atomic mass is 16.3. The molecule has 0 amide bonds. The highest BCUT2D eigenvalue weighted by Gasteiger charge is 2.17. The van der Waals surface area contributed by atoms with Gasteiger partial charge in [-0.3, -0.25) is 4.57 Å². The van der Waals surface area contributed by atoms with Crippen LogP contribution in [0.5, 0.6) is 0 Å². The van der Waals surface area contributed by atoms with Gasteiger partial charge in [0.15, 0.2) is 5.82 Å². The van der Waals surface area contributed by atoms with E-state index in [9.17, 15) is 5.11 Å². The van der Waals surface area contributed by atoms with Crippen LogP contribution < -0.4 is 0 Å². The van der Waals surface area contributed by atoms with E-state index in [2.05, 4.69) is 10.2 Å². The van der Waals surface area contributed by atoms with Crippen LogP contribution in [-0.4, -0.2) is 19.9 Å². The van der Waals surface area contributed by atoms with Crippen molar-refractivity contribution in [2.75, 3.05) is 0 Å². The molecule has 4 nitrogen and oxygen atoms in total. The SMILES string of the molecule is OCc1nnc(CCC2CCCCC2)n1-c1ccccc1. The third-order valence-corrected chi connectivity index (χ3v) is 4.45. The second kappa shape index (κ2) is 6.85. The summed E-state index contributed by atoms with van der Waals surface area (Å²) in [6, 6.07) is 10.1. The summed E-state index contributed by atoms with van der Waals surface area (Å²) in [5.41, 5.74) is 1.03. The third kappa shape index (κ3) is 3.32. The predicted octanol–water partition coefficient (Wildman–Crippen LogP) is 3.27. The molecule has 1 heterocycles. The van der Waals surface area contributed by atoms with Crippen LogP contribution in [0.4, 0.5) is 0 Å². The Kier molecular flexibility index (Phi) is 4.65. The Balaban J connectivity index is 1.77. The Morgan fingerprint density at radius 2 is 1.71 bits per heavy atom. The van der Waals surface area contributed by atoms with Gasteiger partial charge in [0.1, 0.15) is 12.4 Å². The molecule has 21 heavy (non-hydrogen) atoms. The molecule has 3 rings (SSSR count). The van der Waals surface area contributed by atoms with Gasteiger partial charge in [0.2, 0.25) is 0 Å². The maximum absolute atomic E-state index is 9.49. The molecule has 0 saturated heterocycles. The zero-order valence-electron chi connectivity index (χ0n) is 12.4. The van der Waals surface area contributed by atoms with Crippen LogP contribution in [0, 0.1) is 5.92 Å². The number of aromatic nitrogens is 3. The van der Waals surface area contributed by atoms with Crippen LogP contribution in [0.25, 0.3) is 5.69 Å². The van der Waals surface area contributed by atoms with Gasteiger partial charge in [0.25, 0.3) is 0 Å². The summed E-state index contributed by atoms with van der Waals surface area (Å²) in [4.78, 5) is 0. The van der Waals surface area contributed by atoms with Crippen LogP contribution in [0.15, 0.2) is 30.3 Å². The van der Waals surface area contributed by atoms with E-state index >= 15 is 0 Å². The summed E-state index contributed by atoms with van der Waals surface area (Å²) in [7, 11) is 0. The molecule has 1 aromatic carbocycles. The van der Waals surface area contributed by atoms with Gasteiger partial charge in [-0.15, -0.1) is 10.2 Å². The summed E-state index contributed by atoms with van der Waals surface area (Å²) in [5, 5.41) is 17.9. The van der Waals surface area contributed by atoms with Crippen molar-refractivity contribution in [2.45, 2.75) is 51.6 Å². The molecule has 0 radical (unpaired) electrons. The minimum absolute atomic E-state index is 0.0781. The minimum Gasteiger partial charge on any atom is -0.388 e. The molecule has 112 valence electrons. The molecular formula is C17H23N3O. The molecule has 2 aromatic rings. The standard InChI is InChI=1S/C17H23N3O/c21-13-17-19-18-16(12-11-14-7-3-1-4-8-14)20(17)15-9-5-2-6-10-15/h2,5-6,9-10,14,21H,1,3-4,7-8,11-13H2. The number of aliphatic hydroxyl groups excluding tert-OH is 1. The lowest BCUT2D eigenvalue weighted by Crippen LogP contribution is -2.10. The van der Waals surface area contributed by atoms with Crippen LogP contribution in [0.3, 0.4) is 0 Å². The second-order valence-electron chi connectivity index (χ2n) is 5.90. The van der Waals surface area contributed by atoms with E-state index < -0.39 is 0 Å². The number of benzene rings is 1. The molecular weight excluding hydrogens is 262 g/mol. The average Bonchev–Trinajstić information content (AvgIpc) is 2.97. The second-order valence-corrected chi connectivity index (χ2v) is 5.90. The molecule has 0 unspecified atom stereocenters. The lowest BCUT2D eigenvalue weighted by molar-refractivity contribution is 0.268. The van der Waals surface area contributed by atoms with Gasteiger partial charge >= 0.3 is 0 Å². The highest BCUT2D eigenvalue weighted by molar-refractivity contribution is 5.33. The van der Waals surface area contributed by atoms with Gasteiger partial charge in [-0.2, -0.15) is 0 Å². The van der Waals surface area contributed by atoms with E-state index in [1.54, 1.807) is 0 Å². The van der Waals surface area contributed by atoms with Crippen molar-refractivity contribution in [3.05, 3.63) is 42.0 Å². The molecule has 1 aromatic heterocycles. The number of aryl methyl sites for hydroxylation is 1. The quantitative estimate of drug-likeness (QED) is 0.917. The molecule has 1 aliphatic carbocycles. The van der Waals surface area contributed by atoms with Gasteiger partial charge in [-0.1, -0.05) is 50.3 Å². The number of rotatable bonds is 5. The van der Waals surface area contributed by atoms with Crippen LogP contribution in [-0.2, 0) is 13.0 Å². The Labute approximate surface area is 125 Å². The lowest BCUT2D eigenvalue weighted by atomic mass is 9.86. The molecule has 1 fully saturated rings. The van der Waals surface area contributed by atoms with Gasteiger partial charge in [0, 0.05) is 12.1 Å². The fraction of sp³-hybridized carbons (Fsp3) is 0.529. The Morgan fingerprint density at radius 3 is 2.43 bits per heavy atom. The average molecular weight is 285 g/mol. The van der Waals surface area contributed by atoms with E-state index in [0.717, 1.165) is 23.9 Å². The molecule has 0 aliphatic heterocycles. The molecule has 0 bridgehead atoms. The Bertz CT molecular complexity index is 559. The van der Waals surface area contributed by atoms with Crippen LogP contribution in [0.2, 0.25) is 0 Å². The van der Waals surface area contributed by atoms with Crippen molar-refractivity contribution in [3.63, 3.8) is 0 Å². The monoisotopic (exact) mass is 285 g/mol. The smallest absolute Gasteiger partial charge is 0.163 e. The van der Waals surface area contributed by atoms with E-state index in [1.165, 1.54) is 38.5 Å². The fourth-order valence-electron chi connectivity index (χ4n) is 3.30. The fourth-order valence-corrected chi connectivity index (χ4v) is 3.30. The summed E-state index contributed by atoms with van der Waals surface area (Å²) >= 11 is 0. The van der Waals surface area contributed by atoms with Crippen molar-refractivity contribution in [1.29, 1.82) is 0 Å². The van der Waals surface area contributed by atoms with Gasteiger partial charge in [-0.25, -0.2) is 0 Å². The predicted molar refractivity (Wildman–Crippen MR) is 82.2 cm³/mol. The number of aliphatic hydroxyl groups is 1. The molecule has 1 N–H and O–H groups in total. The van der Waals surface area contributed by atoms with Gasteiger partial charge in [0.05, 0.1) is 0 Å². The summed E-state index contributed by atoms with van der Waals surface area (Å²) in [5.74, 6) is 2.42. The first-order valence-electron chi connectivity index (χ1n) is 7.98. The Morgan fingerprint density at radius 1 is 1.00 bits per heavy atom. The summed E-state index contributed by atoms with van der Waals surface area (Å²) in [6.07, 6.45) is 8.96. The van der Waals surface area contributed by atoms with Crippen molar-refractivity contribution >= 4 is 0 Å². The summed E-state index contributed by atoms with van der Waals surface area (Å²) < 4.78 is 2.00. The van der Waals surface area contributed by atoms with Crippen molar-refractivity contribution in [2.24, 2.45) is 5.92 Å². The first-order chi connectivity index (χ1) is 10.4. The maximum atomic E-state index is 9.49.